The highest BCUT2D eigenvalue weighted by atomic mass is 16.6. The first-order valence-electron chi connectivity index (χ1n) is 8.50. The molecule has 0 bridgehead atoms. The van der Waals surface area contributed by atoms with E-state index in [4.69, 9.17) is 9.47 Å². The van der Waals surface area contributed by atoms with Gasteiger partial charge in [0.15, 0.2) is 11.5 Å². The fraction of sp³-hybridized carbons (Fsp3) is 0.444. The van der Waals surface area contributed by atoms with Crippen LogP contribution in [0.15, 0.2) is 30.6 Å². The van der Waals surface area contributed by atoms with Crippen LogP contribution >= 0.6 is 0 Å². The molecule has 2 N–H and O–H groups in total. The molecule has 3 rings (SSSR count). The lowest BCUT2D eigenvalue weighted by Crippen LogP contribution is -2.36. The maximum absolute atomic E-state index is 12.1. The molecule has 7 heteroatoms. The number of rotatable bonds is 7. The molecule has 1 amide bonds. The number of amides is 1. The summed E-state index contributed by atoms with van der Waals surface area (Å²) in [5.74, 6) is 1.44. The fourth-order valence-electron chi connectivity index (χ4n) is 2.69. The topological polar surface area (TPSA) is 77.4 Å². The first-order valence-corrected chi connectivity index (χ1v) is 8.50. The van der Waals surface area contributed by atoms with Crippen LogP contribution in [0.2, 0.25) is 0 Å². The second-order valence-corrected chi connectivity index (χ2v) is 6.15. The Morgan fingerprint density at radius 1 is 1.32 bits per heavy atom. The predicted octanol–water partition coefficient (Wildman–Crippen LogP) is 1.43. The van der Waals surface area contributed by atoms with Crippen molar-refractivity contribution in [2.45, 2.75) is 26.4 Å². The largest absolute Gasteiger partial charge is 0.486 e. The van der Waals surface area contributed by atoms with E-state index in [1.807, 2.05) is 49.1 Å². The molecule has 1 atom stereocenters. The Kier molecular flexibility index (Phi) is 5.55. The summed E-state index contributed by atoms with van der Waals surface area (Å²) in [4.78, 5) is 12.1. The molecule has 0 saturated heterocycles. The number of nitrogens with one attached hydrogen (secondary N) is 2. The smallest absolute Gasteiger partial charge is 0.234 e. The summed E-state index contributed by atoms with van der Waals surface area (Å²) in [7, 11) is 0. The van der Waals surface area contributed by atoms with Crippen LogP contribution in [0.25, 0.3) is 0 Å². The molecule has 0 saturated carbocycles. The molecule has 0 fully saturated rings. The monoisotopic (exact) mass is 344 g/mol. The molecule has 1 aliphatic rings. The third-order valence-electron chi connectivity index (χ3n) is 4.01. The number of benzene rings is 1. The summed E-state index contributed by atoms with van der Waals surface area (Å²) in [6.45, 7) is 6.78. The number of fused-ring (bicyclic) bond motifs is 1. The maximum atomic E-state index is 12.1. The first-order chi connectivity index (χ1) is 12.1. The molecule has 2 heterocycles. The number of nitrogens with zero attached hydrogens (tertiary/aromatic N) is 2. The van der Waals surface area contributed by atoms with Crippen LogP contribution in [-0.4, -0.2) is 42.0 Å². The molecule has 0 unspecified atom stereocenters. The highest BCUT2D eigenvalue weighted by molar-refractivity contribution is 5.78. The number of carbonyl (C=O) groups excluding carboxylic acids is 1. The predicted molar refractivity (Wildman–Crippen MR) is 93.8 cm³/mol. The summed E-state index contributed by atoms with van der Waals surface area (Å²) in [5, 5.41) is 10.3. The lowest BCUT2D eigenvalue weighted by atomic mass is 10.1. The molecular weight excluding hydrogens is 320 g/mol. The van der Waals surface area contributed by atoms with E-state index in [0.717, 1.165) is 29.2 Å². The number of carbonyl (C=O) groups is 1. The van der Waals surface area contributed by atoms with Crippen LogP contribution in [0.4, 0.5) is 0 Å². The molecule has 1 aliphatic heterocycles. The average molecular weight is 344 g/mol. The Bertz CT molecular complexity index is 729. The molecule has 1 aromatic heterocycles. The van der Waals surface area contributed by atoms with Gasteiger partial charge in [0.1, 0.15) is 13.2 Å². The molecule has 134 valence electrons. The molecule has 2 aromatic rings. The van der Waals surface area contributed by atoms with E-state index >= 15 is 0 Å². The van der Waals surface area contributed by atoms with Crippen LogP contribution in [-0.2, 0) is 11.3 Å². The molecule has 1 aromatic carbocycles. The van der Waals surface area contributed by atoms with Gasteiger partial charge < -0.3 is 20.1 Å². The summed E-state index contributed by atoms with van der Waals surface area (Å²) in [5.41, 5.74) is 2.12. The number of hydrogen-bond acceptors (Lipinski definition) is 5. The van der Waals surface area contributed by atoms with Gasteiger partial charge in [-0.1, -0.05) is 6.07 Å². The lowest BCUT2D eigenvalue weighted by molar-refractivity contribution is -0.120. The van der Waals surface area contributed by atoms with Gasteiger partial charge in [-0.25, -0.2) is 0 Å². The molecule has 7 nitrogen and oxygen atoms in total. The average Bonchev–Trinajstić information content (AvgIpc) is 3.03. The van der Waals surface area contributed by atoms with Crippen molar-refractivity contribution in [2.75, 3.05) is 26.3 Å². The lowest BCUT2D eigenvalue weighted by Gasteiger charge is -2.21. The van der Waals surface area contributed by atoms with Gasteiger partial charge in [0.25, 0.3) is 0 Å². The Morgan fingerprint density at radius 2 is 2.12 bits per heavy atom. The van der Waals surface area contributed by atoms with Crippen LogP contribution in [0.3, 0.4) is 0 Å². The highest BCUT2D eigenvalue weighted by Crippen LogP contribution is 2.32. The van der Waals surface area contributed by atoms with E-state index in [1.54, 1.807) is 0 Å². The van der Waals surface area contributed by atoms with Gasteiger partial charge in [0.2, 0.25) is 5.91 Å². The van der Waals surface area contributed by atoms with E-state index in [1.165, 1.54) is 0 Å². The second-order valence-electron chi connectivity index (χ2n) is 6.15. The van der Waals surface area contributed by atoms with Crippen molar-refractivity contribution in [3.8, 4) is 11.5 Å². The summed E-state index contributed by atoms with van der Waals surface area (Å²) in [6, 6.07) is 5.66. The zero-order chi connectivity index (χ0) is 17.6. The Hall–Kier alpha value is -2.54. The summed E-state index contributed by atoms with van der Waals surface area (Å²) < 4.78 is 13.0. The standard InChI is InChI=1S/C18H24N4O3/c1-13-10-20-22(12-13)6-5-19-11-18(23)21-14(2)15-3-4-16-17(9-15)25-8-7-24-16/h3-4,9-10,12,14,19H,5-8,11H2,1-2H3,(H,21,23)/t14-/m1/s1. The zero-order valence-electron chi connectivity index (χ0n) is 14.6. The van der Waals surface area contributed by atoms with Crippen molar-refractivity contribution in [1.29, 1.82) is 0 Å². The SMILES string of the molecule is Cc1cnn(CCNCC(=O)N[C@H](C)c2ccc3c(c2)OCCO3)c1. The maximum Gasteiger partial charge on any atom is 0.234 e. The van der Waals surface area contributed by atoms with E-state index in [0.29, 0.717) is 19.8 Å². The van der Waals surface area contributed by atoms with E-state index in [2.05, 4.69) is 15.7 Å². The minimum atomic E-state index is -0.0982. The first kappa shape index (κ1) is 17.3. The fourth-order valence-corrected chi connectivity index (χ4v) is 2.69. The molecule has 0 aliphatic carbocycles. The van der Waals surface area contributed by atoms with Gasteiger partial charge in [-0.3, -0.25) is 9.48 Å². The van der Waals surface area contributed by atoms with Crippen molar-refractivity contribution in [3.63, 3.8) is 0 Å². The summed E-state index contributed by atoms with van der Waals surface area (Å²) >= 11 is 0. The van der Waals surface area contributed by atoms with Gasteiger partial charge in [-0.2, -0.15) is 5.10 Å². The van der Waals surface area contributed by atoms with Gasteiger partial charge in [0, 0.05) is 12.7 Å². The van der Waals surface area contributed by atoms with Crippen LogP contribution in [0, 0.1) is 6.92 Å². The minimum Gasteiger partial charge on any atom is -0.486 e. The number of ether oxygens (including phenoxy) is 2. The van der Waals surface area contributed by atoms with Crippen molar-refractivity contribution in [3.05, 3.63) is 41.7 Å². The van der Waals surface area contributed by atoms with Gasteiger partial charge in [-0.05, 0) is 37.1 Å². The second kappa shape index (κ2) is 8.02. The molecule has 25 heavy (non-hydrogen) atoms. The molecule has 0 spiro atoms. The zero-order valence-corrected chi connectivity index (χ0v) is 14.6. The van der Waals surface area contributed by atoms with Crippen molar-refractivity contribution >= 4 is 5.91 Å². The van der Waals surface area contributed by atoms with E-state index < -0.39 is 0 Å². The quantitative estimate of drug-likeness (QED) is 0.743. The normalized spacial score (nSPS) is 14.2. The Morgan fingerprint density at radius 3 is 2.88 bits per heavy atom. The van der Waals surface area contributed by atoms with Crippen LogP contribution in [0.1, 0.15) is 24.1 Å². The van der Waals surface area contributed by atoms with Crippen LogP contribution in [0.5, 0.6) is 11.5 Å². The minimum absolute atomic E-state index is 0.0426. The molecular formula is C18H24N4O3. The number of aryl methyl sites for hydroxylation is 1. The highest BCUT2D eigenvalue weighted by Gasteiger charge is 2.15. The van der Waals surface area contributed by atoms with Crippen molar-refractivity contribution in [2.24, 2.45) is 0 Å². The van der Waals surface area contributed by atoms with E-state index in [-0.39, 0.29) is 18.5 Å². The van der Waals surface area contributed by atoms with Crippen LogP contribution < -0.4 is 20.1 Å². The number of hydrogen-bond donors (Lipinski definition) is 2. The molecule has 0 radical (unpaired) electrons. The van der Waals surface area contributed by atoms with Gasteiger partial charge in [0.05, 0.1) is 25.3 Å². The van der Waals surface area contributed by atoms with Crippen molar-refractivity contribution < 1.29 is 14.3 Å². The number of aromatic nitrogens is 2. The Balaban J connectivity index is 1.42. The van der Waals surface area contributed by atoms with E-state index in [9.17, 15) is 4.79 Å². The van der Waals surface area contributed by atoms with Gasteiger partial charge >= 0.3 is 0 Å². The Labute approximate surface area is 147 Å². The van der Waals surface area contributed by atoms with Crippen molar-refractivity contribution in [1.82, 2.24) is 20.4 Å². The summed E-state index contributed by atoms with van der Waals surface area (Å²) in [6.07, 6.45) is 3.80. The third kappa shape index (κ3) is 4.73. The third-order valence-corrected chi connectivity index (χ3v) is 4.01. The van der Waals surface area contributed by atoms with Gasteiger partial charge in [-0.15, -0.1) is 0 Å².